The van der Waals surface area contributed by atoms with Gasteiger partial charge in [-0.15, -0.1) is 0 Å². The van der Waals surface area contributed by atoms with Crippen molar-refractivity contribution < 1.29 is 18.7 Å². The van der Waals surface area contributed by atoms with Crippen LogP contribution in [0.1, 0.15) is 24.5 Å². The molecule has 2 rings (SSSR count). The molecule has 0 unspecified atom stereocenters. The van der Waals surface area contributed by atoms with Gasteiger partial charge in [0, 0.05) is 11.8 Å². The first kappa shape index (κ1) is 15.8. The van der Waals surface area contributed by atoms with Crippen molar-refractivity contribution in [2.24, 2.45) is 0 Å². The van der Waals surface area contributed by atoms with Crippen LogP contribution in [0.2, 0.25) is 0 Å². The van der Waals surface area contributed by atoms with E-state index in [0.29, 0.717) is 22.9 Å². The Labute approximate surface area is 129 Å². The Morgan fingerprint density at radius 1 is 1.14 bits per heavy atom. The average Bonchev–Trinajstić information content (AvgIpc) is 2.93. The Balaban J connectivity index is 2.00. The molecule has 0 bridgehead atoms. The van der Waals surface area contributed by atoms with Crippen molar-refractivity contribution >= 4 is 11.7 Å². The van der Waals surface area contributed by atoms with Crippen LogP contribution < -0.4 is 20.1 Å². The summed E-state index contributed by atoms with van der Waals surface area (Å²) < 4.78 is 15.8. The SMILES string of the molecule is COc1ccc(NC(=O)N[C@@H](C)c2ccc(C)o2)cc1OC. The molecule has 0 fully saturated rings. The number of ether oxygens (including phenoxy) is 2. The first-order valence-corrected chi connectivity index (χ1v) is 6.89. The Kier molecular flexibility index (Phi) is 4.93. The molecule has 0 saturated heterocycles. The van der Waals surface area contributed by atoms with E-state index in [4.69, 9.17) is 13.9 Å². The Morgan fingerprint density at radius 2 is 1.86 bits per heavy atom. The van der Waals surface area contributed by atoms with Crippen LogP contribution in [0.5, 0.6) is 11.5 Å². The molecule has 0 aliphatic heterocycles. The van der Waals surface area contributed by atoms with Gasteiger partial charge in [-0.05, 0) is 38.1 Å². The van der Waals surface area contributed by atoms with E-state index in [2.05, 4.69) is 10.6 Å². The molecule has 0 saturated carbocycles. The Bertz CT molecular complexity index is 651. The van der Waals surface area contributed by atoms with Gasteiger partial charge in [0.25, 0.3) is 0 Å². The number of anilines is 1. The maximum absolute atomic E-state index is 12.0. The molecule has 2 amide bonds. The third-order valence-electron chi connectivity index (χ3n) is 3.18. The number of carbonyl (C=O) groups excluding carboxylic acids is 1. The second-order valence-corrected chi connectivity index (χ2v) is 4.84. The van der Waals surface area contributed by atoms with E-state index < -0.39 is 0 Å². The van der Waals surface area contributed by atoms with Crippen molar-refractivity contribution in [1.82, 2.24) is 5.32 Å². The summed E-state index contributed by atoms with van der Waals surface area (Å²) in [6.45, 7) is 3.71. The first-order valence-electron chi connectivity index (χ1n) is 6.89. The highest BCUT2D eigenvalue weighted by molar-refractivity contribution is 5.89. The number of benzene rings is 1. The van der Waals surface area contributed by atoms with Crippen molar-refractivity contribution in [2.45, 2.75) is 19.9 Å². The number of urea groups is 1. The fourth-order valence-corrected chi connectivity index (χ4v) is 2.04. The zero-order chi connectivity index (χ0) is 16.1. The quantitative estimate of drug-likeness (QED) is 0.887. The van der Waals surface area contributed by atoms with Crippen molar-refractivity contribution in [1.29, 1.82) is 0 Å². The van der Waals surface area contributed by atoms with E-state index in [1.165, 1.54) is 0 Å². The number of methoxy groups -OCH3 is 2. The first-order chi connectivity index (χ1) is 10.5. The zero-order valence-corrected chi connectivity index (χ0v) is 13.1. The molecule has 0 radical (unpaired) electrons. The number of hydrogen-bond acceptors (Lipinski definition) is 4. The maximum Gasteiger partial charge on any atom is 0.319 e. The van der Waals surface area contributed by atoms with Crippen LogP contribution in [0.3, 0.4) is 0 Å². The summed E-state index contributed by atoms with van der Waals surface area (Å²) in [5.41, 5.74) is 0.609. The van der Waals surface area contributed by atoms with Crippen LogP contribution >= 0.6 is 0 Å². The number of nitrogens with one attached hydrogen (secondary N) is 2. The molecule has 0 aliphatic rings. The third kappa shape index (κ3) is 3.72. The predicted octanol–water partition coefficient (Wildman–Crippen LogP) is 3.49. The van der Waals surface area contributed by atoms with Crippen molar-refractivity contribution in [3.05, 3.63) is 41.9 Å². The highest BCUT2D eigenvalue weighted by Gasteiger charge is 2.13. The molecule has 2 aromatic rings. The van der Waals surface area contributed by atoms with Crippen LogP contribution in [-0.4, -0.2) is 20.3 Å². The molecular weight excluding hydrogens is 284 g/mol. The highest BCUT2D eigenvalue weighted by atomic mass is 16.5. The summed E-state index contributed by atoms with van der Waals surface area (Å²) in [5, 5.41) is 5.56. The fraction of sp³-hybridized carbons (Fsp3) is 0.312. The number of hydrogen-bond donors (Lipinski definition) is 2. The third-order valence-corrected chi connectivity index (χ3v) is 3.18. The second-order valence-electron chi connectivity index (χ2n) is 4.84. The number of aryl methyl sites for hydroxylation is 1. The molecule has 6 heteroatoms. The predicted molar refractivity (Wildman–Crippen MR) is 83.6 cm³/mol. The summed E-state index contributed by atoms with van der Waals surface area (Å²) in [6.07, 6.45) is 0. The van der Waals surface area contributed by atoms with Gasteiger partial charge < -0.3 is 24.5 Å². The largest absolute Gasteiger partial charge is 0.493 e. The molecule has 6 nitrogen and oxygen atoms in total. The lowest BCUT2D eigenvalue weighted by Crippen LogP contribution is -2.30. The van der Waals surface area contributed by atoms with Gasteiger partial charge in [-0.2, -0.15) is 0 Å². The van der Waals surface area contributed by atoms with Crippen molar-refractivity contribution in [2.75, 3.05) is 19.5 Å². The smallest absolute Gasteiger partial charge is 0.319 e. The second kappa shape index (κ2) is 6.89. The van der Waals surface area contributed by atoms with Crippen molar-refractivity contribution in [3.63, 3.8) is 0 Å². The van der Waals surface area contributed by atoms with E-state index in [-0.39, 0.29) is 12.1 Å². The lowest BCUT2D eigenvalue weighted by atomic mass is 10.2. The molecule has 2 N–H and O–H groups in total. The van der Waals surface area contributed by atoms with E-state index in [9.17, 15) is 4.79 Å². The molecule has 22 heavy (non-hydrogen) atoms. The normalized spacial score (nSPS) is 11.6. The lowest BCUT2D eigenvalue weighted by molar-refractivity contribution is 0.247. The maximum atomic E-state index is 12.0. The topological polar surface area (TPSA) is 72.7 Å². The minimum atomic E-state index is -0.325. The standard InChI is InChI=1S/C16H20N2O4/c1-10-5-7-13(22-10)11(2)17-16(19)18-12-6-8-14(20-3)15(9-12)21-4/h5-9,11H,1-4H3,(H2,17,18,19)/t11-/m0/s1. The van der Waals surface area contributed by atoms with Crippen LogP contribution in [-0.2, 0) is 0 Å². The highest BCUT2D eigenvalue weighted by Crippen LogP contribution is 2.29. The number of furan rings is 1. The summed E-state index contributed by atoms with van der Waals surface area (Å²) in [4.78, 5) is 12.0. The van der Waals surface area contributed by atoms with E-state index >= 15 is 0 Å². The van der Waals surface area contributed by atoms with Crippen LogP contribution in [0.15, 0.2) is 34.7 Å². The molecule has 1 heterocycles. The van der Waals surface area contributed by atoms with Gasteiger partial charge >= 0.3 is 6.03 Å². The Morgan fingerprint density at radius 3 is 2.45 bits per heavy atom. The van der Waals surface area contributed by atoms with Crippen LogP contribution in [0.4, 0.5) is 10.5 Å². The van der Waals surface area contributed by atoms with Gasteiger partial charge in [0.05, 0.1) is 20.3 Å². The fourth-order valence-electron chi connectivity index (χ4n) is 2.04. The van der Waals surface area contributed by atoms with E-state index in [1.54, 1.807) is 32.4 Å². The summed E-state index contributed by atoms with van der Waals surface area (Å²) >= 11 is 0. The minimum Gasteiger partial charge on any atom is -0.493 e. The minimum absolute atomic E-state index is 0.228. The lowest BCUT2D eigenvalue weighted by Gasteiger charge is -2.14. The van der Waals surface area contributed by atoms with Crippen LogP contribution in [0.25, 0.3) is 0 Å². The number of carbonyl (C=O) groups is 1. The van der Waals surface area contributed by atoms with Gasteiger partial charge in [-0.3, -0.25) is 0 Å². The Hall–Kier alpha value is -2.63. The summed E-state index contributed by atoms with van der Waals surface area (Å²) in [5.74, 6) is 2.67. The molecule has 1 aromatic heterocycles. The van der Waals surface area contributed by atoms with Gasteiger partial charge in [-0.25, -0.2) is 4.79 Å². The van der Waals surface area contributed by atoms with Gasteiger partial charge in [-0.1, -0.05) is 0 Å². The summed E-state index contributed by atoms with van der Waals surface area (Å²) in [7, 11) is 3.10. The van der Waals surface area contributed by atoms with E-state index in [1.807, 2.05) is 26.0 Å². The monoisotopic (exact) mass is 304 g/mol. The summed E-state index contributed by atoms with van der Waals surface area (Å²) in [6, 6.07) is 8.31. The van der Waals surface area contributed by atoms with Crippen LogP contribution in [0, 0.1) is 6.92 Å². The molecule has 0 spiro atoms. The zero-order valence-electron chi connectivity index (χ0n) is 13.1. The van der Waals surface area contributed by atoms with Gasteiger partial charge in [0.2, 0.25) is 0 Å². The van der Waals surface area contributed by atoms with Crippen molar-refractivity contribution in [3.8, 4) is 11.5 Å². The van der Waals surface area contributed by atoms with Gasteiger partial charge in [0.1, 0.15) is 11.5 Å². The molecular formula is C16H20N2O4. The van der Waals surface area contributed by atoms with Gasteiger partial charge in [0.15, 0.2) is 11.5 Å². The molecule has 118 valence electrons. The molecule has 1 aromatic carbocycles. The number of amides is 2. The number of rotatable bonds is 5. The van der Waals surface area contributed by atoms with E-state index in [0.717, 1.165) is 5.76 Å². The molecule has 1 atom stereocenters. The average molecular weight is 304 g/mol. The molecule has 0 aliphatic carbocycles.